The van der Waals surface area contributed by atoms with Crippen LogP contribution in [0.5, 0.6) is 0 Å². The molecule has 0 radical (unpaired) electrons. The first kappa shape index (κ1) is 30.8. The van der Waals surface area contributed by atoms with Gasteiger partial charge in [0.2, 0.25) is 0 Å². The zero-order valence-corrected chi connectivity index (χ0v) is 25.6. The van der Waals surface area contributed by atoms with Gasteiger partial charge in [-0.3, -0.25) is 5.41 Å². The molecule has 224 valence electrons. The number of carbonyl (C=O) groups excluding carboxylic acids is 1. The third-order valence-electron chi connectivity index (χ3n) is 8.34. The lowest BCUT2D eigenvalue weighted by molar-refractivity contribution is -0.107. The maximum absolute atomic E-state index is 10.6. The second-order valence-corrected chi connectivity index (χ2v) is 11.6. The van der Waals surface area contributed by atoms with Gasteiger partial charge in [0.25, 0.3) is 0 Å². The molecule has 1 N–H and O–H groups in total. The average Bonchev–Trinajstić information content (AvgIpc) is 3.07. The number of aromatic nitrogens is 2. The van der Waals surface area contributed by atoms with Gasteiger partial charge in [-0.1, -0.05) is 110 Å². The summed E-state index contributed by atoms with van der Waals surface area (Å²) in [6.45, 7) is 5.79. The molecule has 0 unspecified atom stereocenters. The summed E-state index contributed by atoms with van der Waals surface area (Å²) in [5.74, 6) is 7.35. The van der Waals surface area contributed by atoms with Crippen molar-refractivity contribution in [2.24, 2.45) is 0 Å². The van der Waals surface area contributed by atoms with Crippen LogP contribution >= 0.6 is 0 Å². The van der Waals surface area contributed by atoms with Crippen LogP contribution in [-0.2, 0) is 17.9 Å². The number of benzene rings is 3. The van der Waals surface area contributed by atoms with E-state index in [9.17, 15) is 10.2 Å². The van der Waals surface area contributed by atoms with E-state index in [0.717, 1.165) is 72.0 Å². The summed E-state index contributed by atoms with van der Waals surface area (Å²) in [5, 5.41) is 9.52. The summed E-state index contributed by atoms with van der Waals surface area (Å²) < 4.78 is 2.08. The fourth-order valence-corrected chi connectivity index (χ4v) is 5.99. The molecule has 0 bridgehead atoms. The Morgan fingerprint density at radius 1 is 0.932 bits per heavy atom. The fourth-order valence-electron chi connectivity index (χ4n) is 5.99. The summed E-state index contributed by atoms with van der Waals surface area (Å²) >= 11 is 0. The van der Waals surface area contributed by atoms with Crippen LogP contribution in [0.4, 0.5) is 5.82 Å². The van der Waals surface area contributed by atoms with E-state index in [1.807, 2.05) is 36.7 Å². The number of hydrogen-bond acceptors (Lipinski definition) is 4. The predicted octanol–water partition coefficient (Wildman–Crippen LogP) is 8.25. The Hall–Kier alpha value is -4.69. The minimum Gasteiger partial charge on any atom is -0.347 e. The molecule has 5 rings (SSSR count). The van der Waals surface area contributed by atoms with Gasteiger partial charge in [-0.2, -0.15) is 0 Å². The monoisotopic (exact) mass is 582 g/mol. The van der Waals surface area contributed by atoms with Crippen LogP contribution in [0, 0.1) is 17.3 Å². The maximum Gasteiger partial charge on any atom is 0.142 e. The molecular weight excluding hydrogens is 540 g/mol. The lowest BCUT2D eigenvalue weighted by Gasteiger charge is -2.30. The summed E-state index contributed by atoms with van der Waals surface area (Å²) in [4.78, 5) is 18.0. The van der Waals surface area contributed by atoms with E-state index in [4.69, 9.17) is 4.98 Å². The molecule has 0 saturated heterocycles. The van der Waals surface area contributed by atoms with Crippen molar-refractivity contribution >= 4 is 17.7 Å². The molecule has 0 spiro atoms. The van der Waals surface area contributed by atoms with Crippen LogP contribution in [0.3, 0.4) is 0 Å². The van der Waals surface area contributed by atoms with Gasteiger partial charge < -0.3 is 14.3 Å². The minimum absolute atomic E-state index is 0.288. The van der Waals surface area contributed by atoms with Gasteiger partial charge in [-0.05, 0) is 60.1 Å². The molecule has 3 aromatic carbocycles. The summed E-state index contributed by atoms with van der Waals surface area (Å²) in [6, 6.07) is 29.3. The normalized spacial score (nSPS) is 13.1. The van der Waals surface area contributed by atoms with E-state index in [1.165, 1.54) is 24.8 Å². The first-order valence-electron chi connectivity index (χ1n) is 15.8. The maximum atomic E-state index is 10.6. The fraction of sp³-hybridized carbons (Fsp3) is 0.308. The molecule has 1 aliphatic rings. The van der Waals surface area contributed by atoms with Crippen LogP contribution in [0.1, 0.15) is 91.6 Å². The molecule has 0 aliphatic heterocycles. The largest absolute Gasteiger partial charge is 0.347 e. The number of aldehydes is 1. The Balaban J connectivity index is 1.53. The average molecular weight is 583 g/mol. The molecule has 5 heteroatoms. The number of unbranched alkanes of at least 4 members (excludes halogenated alkanes) is 3. The molecule has 1 heterocycles. The highest BCUT2D eigenvalue weighted by molar-refractivity contribution is 5.83. The smallest absolute Gasteiger partial charge is 0.142 e. The van der Waals surface area contributed by atoms with Crippen molar-refractivity contribution in [3.63, 3.8) is 0 Å². The molecule has 5 nitrogen and oxygen atoms in total. The van der Waals surface area contributed by atoms with Gasteiger partial charge in [0, 0.05) is 37.5 Å². The Labute approximate surface area is 261 Å². The van der Waals surface area contributed by atoms with E-state index < -0.39 is 0 Å². The molecule has 44 heavy (non-hydrogen) atoms. The number of anilines is 1. The lowest BCUT2D eigenvalue weighted by Crippen LogP contribution is -2.33. The zero-order chi connectivity index (χ0) is 30.6. The lowest BCUT2D eigenvalue weighted by atomic mass is 9.94. The van der Waals surface area contributed by atoms with Crippen molar-refractivity contribution in [3.8, 4) is 11.8 Å². The highest BCUT2D eigenvalue weighted by Crippen LogP contribution is 2.31. The predicted molar refractivity (Wildman–Crippen MR) is 179 cm³/mol. The number of carbonyl (C=O) groups is 1. The second kappa shape index (κ2) is 15.7. The quantitative estimate of drug-likeness (QED) is 0.104. The van der Waals surface area contributed by atoms with Gasteiger partial charge in [0.1, 0.15) is 17.6 Å². The van der Waals surface area contributed by atoms with Crippen molar-refractivity contribution in [1.82, 2.24) is 9.55 Å². The van der Waals surface area contributed by atoms with Crippen LogP contribution in [0.2, 0.25) is 0 Å². The highest BCUT2D eigenvalue weighted by atomic mass is 16.1. The van der Waals surface area contributed by atoms with Gasteiger partial charge >= 0.3 is 0 Å². The first-order chi connectivity index (χ1) is 21.6. The molecular formula is C39H42N4O. The van der Waals surface area contributed by atoms with Gasteiger partial charge in [0.15, 0.2) is 0 Å². The Kier molecular flexibility index (Phi) is 11.0. The Morgan fingerprint density at radius 2 is 1.64 bits per heavy atom. The Bertz CT molecular complexity index is 1660. The van der Waals surface area contributed by atoms with Crippen LogP contribution in [0.25, 0.3) is 5.57 Å². The number of hydrogen-bond donors (Lipinski definition) is 1. The van der Waals surface area contributed by atoms with Crippen molar-refractivity contribution in [2.45, 2.75) is 76.9 Å². The van der Waals surface area contributed by atoms with E-state index in [2.05, 4.69) is 82.5 Å². The van der Waals surface area contributed by atoms with E-state index >= 15 is 0 Å². The van der Waals surface area contributed by atoms with Crippen molar-refractivity contribution in [3.05, 3.63) is 131 Å². The molecule has 1 aromatic heterocycles. The van der Waals surface area contributed by atoms with Crippen LogP contribution in [0.15, 0.2) is 97.8 Å². The molecule has 1 fully saturated rings. The zero-order valence-electron chi connectivity index (χ0n) is 25.6. The standard InChI is InChI=1S/C39H42N4O/c1-31(35-22-11-6-12-23-35)37-38(40)43(36-24-13-7-14-25-36)30-41-39(37)42(28-33-18-9-5-10-19-33)29-34-21-16-20-32(27-34)17-8-3-2-4-15-26-44/h5-6,9-12,16,18-23,26-27,30,36,40H,1-4,7,13-15,24-25,28-29H2. The van der Waals surface area contributed by atoms with Crippen molar-refractivity contribution in [2.75, 3.05) is 4.90 Å². The van der Waals surface area contributed by atoms with Crippen molar-refractivity contribution < 1.29 is 4.79 Å². The van der Waals surface area contributed by atoms with E-state index in [-0.39, 0.29) is 6.04 Å². The molecule has 1 saturated carbocycles. The van der Waals surface area contributed by atoms with Crippen LogP contribution < -0.4 is 10.4 Å². The third-order valence-corrected chi connectivity index (χ3v) is 8.34. The molecule has 1 aliphatic carbocycles. The molecule has 0 atom stereocenters. The first-order valence-corrected chi connectivity index (χ1v) is 15.8. The second-order valence-electron chi connectivity index (χ2n) is 11.6. The number of nitrogens with one attached hydrogen (secondary N) is 1. The van der Waals surface area contributed by atoms with Crippen molar-refractivity contribution in [1.29, 1.82) is 5.41 Å². The molecule has 4 aromatic rings. The summed E-state index contributed by atoms with van der Waals surface area (Å²) in [7, 11) is 0. The summed E-state index contributed by atoms with van der Waals surface area (Å²) in [6.07, 6.45) is 11.8. The van der Waals surface area contributed by atoms with Gasteiger partial charge in [-0.25, -0.2) is 4.98 Å². The van der Waals surface area contributed by atoms with Gasteiger partial charge in [0.05, 0.1) is 11.9 Å². The SMILES string of the molecule is C=C(c1ccccc1)c1c(N(Cc2ccccc2)Cc2cccc(C#CCCCCC=O)c2)ncn(C2CCCCC2)c1=N. The van der Waals surface area contributed by atoms with E-state index in [0.29, 0.717) is 25.0 Å². The minimum atomic E-state index is 0.288. The van der Waals surface area contributed by atoms with E-state index in [1.54, 1.807) is 0 Å². The Morgan fingerprint density at radius 3 is 2.39 bits per heavy atom. The topological polar surface area (TPSA) is 62.0 Å². The summed E-state index contributed by atoms with van der Waals surface area (Å²) in [5.41, 5.74) is 6.35. The third kappa shape index (κ3) is 8.02. The van der Waals surface area contributed by atoms with Crippen LogP contribution in [-0.4, -0.2) is 15.8 Å². The number of nitrogens with zero attached hydrogens (tertiary/aromatic N) is 3. The van der Waals surface area contributed by atoms with Gasteiger partial charge in [-0.15, -0.1) is 0 Å². The highest BCUT2D eigenvalue weighted by Gasteiger charge is 2.23. The molecule has 0 amide bonds. The number of rotatable bonds is 12.